The monoisotopic (exact) mass is 430 g/mol. The summed E-state index contributed by atoms with van der Waals surface area (Å²) in [5.41, 5.74) is 1.77. The van der Waals surface area contributed by atoms with Gasteiger partial charge in [-0.05, 0) is 41.6 Å². The number of rotatable bonds is 9. The van der Waals surface area contributed by atoms with Crippen molar-refractivity contribution in [3.05, 3.63) is 83.2 Å². The molecule has 1 amide bonds. The second kappa shape index (κ2) is 9.69. The first kappa shape index (κ1) is 21.0. The fraction of sp³-hybridized carbons (Fsp3) is 0.190. The molecule has 0 aliphatic heterocycles. The first-order valence-electron chi connectivity index (χ1n) is 9.10. The van der Waals surface area contributed by atoms with Gasteiger partial charge in [0.05, 0.1) is 6.61 Å². The van der Waals surface area contributed by atoms with E-state index in [-0.39, 0.29) is 23.3 Å². The first-order chi connectivity index (χ1) is 14.0. The Hall–Kier alpha value is -2.68. The van der Waals surface area contributed by atoms with E-state index in [1.165, 1.54) is 12.1 Å². The molecule has 0 radical (unpaired) electrons. The quantitative estimate of drug-likeness (QED) is 0.546. The van der Waals surface area contributed by atoms with Gasteiger partial charge >= 0.3 is 0 Å². The van der Waals surface area contributed by atoms with E-state index < -0.39 is 10.0 Å². The fourth-order valence-corrected chi connectivity index (χ4v) is 4.91. The number of sulfonamides is 1. The van der Waals surface area contributed by atoms with Crippen LogP contribution in [-0.2, 0) is 16.4 Å². The van der Waals surface area contributed by atoms with E-state index in [0.717, 1.165) is 16.9 Å². The Kier molecular flexibility index (Phi) is 7.03. The molecule has 8 heteroatoms. The molecule has 0 bridgehead atoms. The summed E-state index contributed by atoms with van der Waals surface area (Å²) in [4.78, 5) is 14.5. The third kappa shape index (κ3) is 5.66. The van der Waals surface area contributed by atoms with E-state index in [1.54, 1.807) is 34.5 Å². The predicted molar refractivity (Wildman–Crippen MR) is 115 cm³/mol. The van der Waals surface area contributed by atoms with Crippen LogP contribution >= 0.6 is 11.3 Å². The molecular weight excluding hydrogens is 408 g/mol. The van der Waals surface area contributed by atoms with Gasteiger partial charge in [0.15, 0.2) is 0 Å². The lowest BCUT2D eigenvalue weighted by atomic mass is 10.1. The standard InChI is InChI=1S/C21H22N2O4S2/c24-14-13-23(12-11-17-6-2-1-3-7-17)21(25)18-8-4-9-19(16-18)22-29(26,27)20-10-5-15-28-20/h1-10,15-16,22,24H,11-14H2. The second-order valence-electron chi connectivity index (χ2n) is 6.37. The number of thiophene rings is 1. The third-order valence-electron chi connectivity index (χ3n) is 4.29. The second-order valence-corrected chi connectivity index (χ2v) is 9.23. The van der Waals surface area contributed by atoms with Crippen LogP contribution in [-0.4, -0.2) is 44.0 Å². The molecule has 2 N–H and O–H groups in total. The van der Waals surface area contributed by atoms with Crippen molar-refractivity contribution >= 4 is 33.0 Å². The molecule has 0 spiro atoms. The van der Waals surface area contributed by atoms with Gasteiger partial charge in [0.25, 0.3) is 15.9 Å². The van der Waals surface area contributed by atoms with Crippen molar-refractivity contribution in [3.63, 3.8) is 0 Å². The summed E-state index contributed by atoms with van der Waals surface area (Å²) >= 11 is 1.12. The molecule has 6 nitrogen and oxygen atoms in total. The van der Waals surface area contributed by atoms with Crippen LogP contribution in [0.4, 0.5) is 5.69 Å². The Bertz CT molecular complexity index is 1040. The maximum Gasteiger partial charge on any atom is 0.271 e. The molecule has 0 saturated carbocycles. The fourth-order valence-electron chi connectivity index (χ4n) is 2.86. The topological polar surface area (TPSA) is 86.7 Å². The van der Waals surface area contributed by atoms with E-state index in [2.05, 4.69) is 4.72 Å². The molecule has 0 fully saturated rings. The maximum absolute atomic E-state index is 12.9. The Morgan fingerprint density at radius 2 is 1.79 bits per heavy atom. The van der Waals surface area contributed by atoms with Crippen LogP contribution in [0.2, 0.25) is 0 Å². The van der Waals surface area contributed by atoms with Gasteiger partial charge in [-0.2, -0.15) is 0 Å². The number of aliphatic hydroxyl groups excluding tert-OH is 1. The number of hydrogen-bond acceptors (Lipinski definition) is 5. The SMILES string of the molecule is O=C(c1cccc(NS(=O)(=O)c2cccs2)c1)N(CCO)CCc1ccccc1. The van der Waals surface area contributed by atoms with E-state index in [0.29, 0.717) is 24.2 Å². The van der Waals surface area contributed by atoms with Gasteiger partial charge in [0.1, 0.15) is 4.21 Å². The molecule has 1 aromatic heterocycles. The van der Waals surface area contributed by atoms with Crippen molar-refractivity contribution in [3.8, 4) is 0 Å². The number of benzene rings is 2. The average molecular weight is 431 g/mol. The number of amides is 1. The molecule has 1 heterocycles. The van der Waals surface area contributed by atoms with Crippen molar-refractivity contribution in [2.75, 3.05) is 24.4 Å². The lowest BCUT2D eigenvalue weighted by Gasteiger charge is -2.22. The summed E-state index contributed by atoms with van der Waals surface area (Å²) in [6.07, 6.45) is 0.664. The predicted octanol–water partition coefficient (Wildman–Crippen LogP) is 3.23. The van der Waals surface area contributed by atoms with Gasteiger partial charge in [-0.1, -0.05) is 42.5 Å². The molecule has 0 atom stereocenters. The van der Waals surface area contributed by atoms with Gasteiger partial charge in [0.2, 0.25) is 0 Å². The zero-order chi connectivity index (χ0) is 20.7. The number of aliphatic hydroxyl groups is 1. The smallest absolute Gasteiger partial charge is 0.271 e. The first-order valence-corrected chi connectivity index (χ1v) is 11.5. The zero-order valence-electron chi connectivity index (χ0n) is 15.7. The van der Waals surface area contributed by atoms with Gasteiger partial charge in [-0.3, -0.25) is 9.52 Å². The number of nitrogens with zero attached hydrogens (tertiary/aromatic N) is 1. The summed E-state index contributed by atoms with van der Waals surface area (Å²) in [5, 5.41) is 11.0. The van der Waals surface area contributed by atoms with Crippen LogP contribution in [0.15, 0.2) is 76.3 Å². The summed E-state index contributed by atoms with van der Waals surface area (Å²) in [6.45, 7) is 0.511. The molecule has 3 aromatic rings. The van der Waals surface area contributed by atoms with Gasteiger partial charge in [0, 0.05) is 24.3 Å². The number of anilines is 1. The lowest BCUT2D eigenvalue weighted by molar-refractivity contribution is 0.0724. The molecule has 3 rings (SSSR count). The largest absolute Gasteiger partial charge is 0.395 e. The number of carbonyl (C=O) groups is 1. The van der Waals surface area contributed by atoms with Crippen LogP contribution in [0.5, 0.6) is 0 Å². The highest BCUT2D eigenvalue weighted by molar-refractivity contribution is 7.94. The van der Waals surface area contributed by atoms with Gasteiger partial charge in [-0.25, -0.2) is 8.42 Å². The molecular formula is C21H22N2O4S2. The third-order valence-corrected chi connectivity index (χ3v) is 7.07. The average Bonchev–Trinajstić information content (AvgIpc) is 3.27. The molecule has 0 saturated heterocycles. The molecule has 152 valence electrons. The van der Waals surface area contributed by atoms with Crippen LogP contribution in [0.3, 0.4) is 0 Å². The molecule has 0 aliphatic carbocycles. The van der Waals surface area contributed by atoms with E-state index in [9.17, 15) is 18.3 Å². The van der Waals surface area contributed by atoms with Crippen molar-refractivity contribution < 1.29 is 18.3 Å². The minimum atomic E-state index is -3.69. The highest BCUT2D eigenvalue weighted by Crippen LogP contribution is 2.21. The van der Waals surface area contributed by atoms with E-state index in [4.69, 9.17) is 0 Å². The van der Waals surface area contributed by atoms with Crippen LogP contribution < -0.4 is 4.72 Å². The lowest BCUT2D eigenvalue weighted by Crippen LogP contribution is -2.35. The van der Waals surface area contributed by atoms with Crippen LogP contribution in [0.25, 0.3) is 0 Å². The van der Waals surface area contributed by atoms with E-state index in [1.807, 2.05) is 30.3 Å². The van der Waals surface area contributed by atoms with Gasteiger partial charge < -0.3 is 10.0 Å². The molecule has 0 unspecified atom stereocenters. The van der Waals surface area contributed by atoms with Gasteiger partial charge in [-0.15, -0.1) is 11.3 Å². The minimum Gasteiger partial charge on any atom is -0.395 e. The Labute approximate surface area is 174 Å². The molecule has 2 aromatic carbocycles. The van der Waals surface area contributed by atoms with Crippen LogP contribution in [0, 0.1) is 0 Å². The molecule has 0 aliphatic rings. The summed E-state index contributed by atoms with van der Waals surface area (Å²) in [7, 11) is -3.69. The molecule has 29 heavy (non-hydrogen) atoms. The Morgan fingerprint density at radius 1 is 1.00 bits per heavy atom. The number of nitrogens with one attached hydrogen (secondary N) is 1. The summed E-state index contributed by atoms with van der Waals surface area (Å²) in [6, 6.07) is 19.4. The van der Waals surface area contributed by atoms with Crippen molar-refractivity contribution in [1.29, 1.82) is 0 Å². The highest BCUT2D eigenvalue weighted by Gasteiger charge is 2.18. The van der Waals surface area contributed by atoms with Crippen molar-refractivity contribution in [2.45, 2.75) is 10.6 Å². The number of hydrogen-bond donors (Lipinski definition) is 2. The van der Waals surface area contributed by atoms with Crippen molar-refractivity contribution in [2.24, 2.45) is 0 Å². The normalized spacial score (nSPS) is 11.2. The highest BCUT2D eigenvalue weighted by atomic mass is 32.2. The Morgan fingerprint density at radius 3 is 2.48 bits per heavy atom. The number of carbonyl (C=O) groups excluding carboxylic acids is 1. The van der Waals surface area contributed by atoms with Crippen molar-refractivity contribution in [1.82, 2.24) is 4.90 Å². The maximum atomic E-state index is 12.9. The minimum absolute atomic E-state index is 0.148. The zero-order valence-corrected chi connectivity index (χ0v) is 17.3. The summed E-state index contributed by atoms with van der Waals surface area (Å²) < 4.78 is 27.5. The van der Waals surface area contributed by atoms with Crippen LogP contribution in [0.1, 0.15) is 15.9 Å². The summed E-state index contributed by atoms with van der Waals surface area (Å²) in [5.74, 6) is -0.257. The Balaban J connectivity index is 1.74. The van der Waals surface area contributed by atoms with E-state index >= 15 is 0 Å².